The molecule has 2 aliphatic heterocycles. The number of anilines is 1. The van der Waals surface area contributed by atoms with Gasteiger partial charge in [0, 0.05) is 37.3 Å². The molecule has 2 saturated heterocycles. The lowest BCUT2D eigenvalue weighted by molar-refractivity contribution is -0.274. The van der Waals surface area contributed by atoms with Crippen LogP contribution in [0.2, 0.25) is 0 Å². The van der Waals surface area contributed by atoms with E-state index in [2.05, 4.69) is 9.89 Å². The van der Waals surface area contributed by atoms with Crippen LogP contribution in [0.1, 0.15) is 12.1 Å². The van der Waals surface area contributed by atoms with Crippen molar-refractivity contribution in [2.75, 3.05) is 38.3 Å². The van der Waals surface area contributed by atoms with Crippen molar-refractivity contribution in [1.82, 2.24) is 9.46 Å². The van der Waals surface area contributed by atoms with Crippen LogP contribution in [-0.2, 0) is 20.5 Å². The van der Waals surface area contributed by atoms with Crippen LogP contribution in [-0.4, -0.2) is 69.7 Å². The van der Waals surface area contributed by atoms with E-state index in [9.17, 15) is 21.6 Å². The van der Waals surface area contributed by atoms with E-state index in [1.54, 1.807) is 0 Å². The number of rotatable bonds is 7. The molecule has 2 atom stereocenters. The number of halogens is 4. The van der Waals surface area contributed by atoms with E-state index in [0.29, 0.717) is 30.1 Å². The van der Waals surface area contributed by atoms with Crippen molar-refractivity contribution in [3.05, 3.63) is 60.2 Å². The molecule has 0 unspecified atom stereocenters. The molecule has 0 amide bonds. The van der Waals surface area contributed by atoms with Crippen LogP contribution >= 0.6 is 0 Å². The van der Waals surface area contributed by atoms with Crippen LogP contribution < -0.4 is 14.4 Å². The monoisotopic (exact) mass is 571 g/mol. The molecule has 0 spiro atoms. The van der Waals surface area contributed by atoms with Gasteiger partial charge in [-0.2, -0.15) is 4.31 Å². The average Bonchev–Trinajstić information content (AvgIpc) is 3.39. The largest absolute Gasteiger partial charge is 0.573 e. The van der Waals surface area contributed by atoms with Gasteiger partial charge in [-0.25, -0.2) is 12.8 Å². The molecule has 1 aromatic heterocycles. The van der Waals surface area contributed by atoms with Gasteiger partial charge in [0.25, 0.3) is 0 Å². The third-order valence-electron chi connectivity index (χ3n) is 6.72. The molecule has 5 rings (SSSR count). The first-order valence-electron chi connectivity index (χ1n) is 12.0. The lowest BCUT2D eigenvalue weighted by Gasteiger charge is -2.47. The molecule has 2 aliphatic rings. The number of benzene rings is 2. The summed E-state index contributed by atoms with van der Waals surface area (Å²) in [5.74, 6) is -1.11. The third kappa shape index (κ3) is 5.97. The molecule has 9 nitrogen and oxygen atoms in total. The van der Waals surface area contributed by atoms with Crippen LogP contribution in [0.15, 0.2) is 53.3 Å². The summed E-state index contributed by atoms with van der Waals surface area (Å²) in [4.78, 5) is 1.94. The Morgan fingerprint density at radius 2 is 1.97 bits per heavy atom. The molecule has 2 fully saturated rings. The van der Waals surface area contributed by atoms with Crippen molar-refractivity contribution in [2.45, 2.75) is 30.7 Å². The van der Waals surface area contributed by atoms with E-state index in [1.807, 2.05) is 4.90 Å². The topological polar surface area (TPSA) is 94.3 Å². The second-order valence-electron chi connectivity index (χ2n) is 9.14. The molecule has 2 aromatic carbocycles. The van der Waals surface area contributed by atoms with Gasteiger partial charge >= 0.3 is 6.36 Å². The van der Waals surface area contributed by atoms with Gasteiger partial charge in [-0.15, -0.1) is 13.2 Å². The maximum absolute atomic E-state index is 15.4. The SMILES string of the molecule is COc1cc(-c2cccc(OC(F)(F)F)c2)c(F)cc1N1CCO[C@@H]2CN(S(=O)(=O)Cc3ccon3)CC[C@H]21. The summed E-state index contributed by atoms with van der Waals surface area (Å²) in [6.45, 7) is 1.05. The first kappa shape index (κ1) is 27.2. The number of methoxy groups -OCH3 is 1. The lowest BCUT2D eigenvalue weighted by Crippen LogP contribution is -2.60. The van der Waals surface area contributed by atoms with Crippen molar-refractivity contribution in [3.8, 4) is 22.6 Å². The van der Waals surface area contributed by atoms with Crippen molar-refractivity contribution >= 4 is 15.7 Å². The number of aromatic nitrogens is 1. The van der Waals surface area contributed by atoms with Crippen LogP contribution in [0.3, 0.4) is 0 Å². The average molecular weight is 572 g/mol. The first-order chi connectivity index (χ1) is 18.5. The summed E-state index contributed by atoms with van der Waals surface area (Å²) in [5, 5.41) is 3.68. The quantitative estimate of drug-likeness (QED) is 0.390. The second kappa shape index (κ2) is 10.7. The van der Waals surface area contributed by atoms with Crippen LogP contribution in [0.4, 0.5) is 23.2 Å². The van der Waals surface area contributed by atoms with Gasteiger partial charge < -0.3 is 23.6 Å². The fourth-order valence-corrected chi connectivity index (χ4v) is 6.48. The van der Waals surface area contributed by atoms with Crippen molar-refractivity contribution in [3.63, 3.8) is 0 Å². The third-order valence-corrected chi connectivity index (χ3v) is 8.50. The Bertz CT molecular complexity index is 1420. The number of hydrogen-bond acceptors (Lipinski definition) is 8. The highest BCUT2D eigenvalue weighted by Crippen LogP contribution is 2.40. The zero-order chi connectivity index (χ0) is 27.8. The number of nitrogens with zero attached hydrogens (tertiary/aromatic N) is 3. The maximum atomic E-state index is 15.4. The highest BCUT2D eigenvalue weighted by molar-refractivity contribution is 7.88. The molecule has 3 aromatic rings. The Morgan fingerprint density at radius 3 is 2.69 bits per heavy atom. The van der Waals surface area contributed by atoms with Gasteiger partial charge in [-0.3, -0.25) is 0 Å². The molecule has 210 valence electrons. The number of hydrogen-bond donors (Lipinski definition) is 0. The summed E-state index contributed by atoms with van der Waals surface area (Å²) in [7, 11) is -2.25. The van der Waals surface area contributed by atoms with Gasteiger partial charge in [0.15, 0.2) is 0 Å². The molecular weight excluding hydrogens is 546 g/mol. The Balaban J connectivity index is 1.38. The first-order valence-corrected chi connectivity index (χ1v) is 13.6. The molecule has 0 bridgehead atoms. The highest BCUT2D eigenvalue weighted by atomic mass is 32.2. The van der Waals surface area contributed by atoms with Crippen LogP contribution in [0, 0.1) is 5.82 Å². The molecule has 0 radical (unpaired) electrons. The predicted molar refractivity (Wildman–Crippen MR) is 131 cm³/mol. The Hall–Kier alpha value is -3.36. The second-order valence-corrected chi connectivity index (χ2v) is 11.1. The number of fused-ring (bicyclic) bond motifs is 1. The molecule has 0 N–H and O–H groups in total. The van der Waals surface area contributed by atoms with E-state index < -0.39 is 34.1 Å². The molecule has 39 heavy (non-hydrogen) atoms. The molecule has 0 saturated carbocycles. The van der Waals surface area contributed by atoms with Gasteiger partial charge in [0.05, 0.1) is 37.2 Å². The highest BCUT2D eigenvalue weighted by Gasteiger charge is 2.41. The van der Waals surface area contributed by atoms with Crippen LogP contribution in [0.25, 0.3) is 11.1 Å². The lowest BCUT2D eigenvalue weighted by atomic mass is 9.97. The Morgan fingerprint density at radius 1 is 1.15 bits per heavy atom. The molecule has 3 heterocycles. The van der Waals surface area contributed by atoms with Crippen molar-refractivity contribution in [2.24, 2.45) is 0 Å². The zero-order valence-electron chi connectivity index (χ0n) is 20.7. The summed E-state index contributed by atoms with van der Waals surface area (Å²) < 4.78 is 101. The fraction of sp³-hybridized carbons (Fsp3) is 0.400. The van der Waals surface area contributed by atoms with E-state index in [-0.39, 0.29) is 42.6 Å². The van der Waals surface area contributed by atoms with Crippen LogP contribution in [0.5, 0.6) is 11.5 Å². The molecular formula is C25H25F4N3O6S. The number of alkyl halides is 3. The van der Waals surface area contributed by atoms with E-state index >= 15 is 4.39 Å². The Labute approximate surface area is 221 Å². The molecule has 0 aliphatic carbocycles. The maximum Gasteiger partial charge on any atom is 0.573 e. The van der Waals surface area contributed by atoms with E-state index in [4.69, 9.17) is 14.0 Å². The summed E-state index contributed by atoms with van der Waals surface area (Å²) >= 11 is 0. The summed E-state index contributed by atoms with van der Waals surface area (Å²) in [5.41, 5.74) is 0.976. The van der Waals surface area contributed by atoms with Crippen molar-refractivity contribution < 1.29 is 44.7 Å². The van der Waals surface area contributed by atoms with Gasteiger partial charge in [0.1, 0.15) is 29.3 Å². The minimum absolute atomic E-state index is 0.0433. The standard InChI is InChI=1S/C25H25F4N3O6S/c1-35-23-12-19(16-3-2-4-18(11-16)38-25(27,28)29)20(26)13-22(23)32-8-10-36-24-14-31(7-5-21(24)32)39(33,34)15-17-6-9-37-30-17/h2-4,6,9,11-13,21,24H,5,7-8,10,14-15H2,1H3/t21-,24-/m1/s1. The number of piperidine rings is 1. The number of sulfonamides is 1. The van der Waals surface area contributed by atoms with Gasteiger partial charge in [0.2, 0.25) is 10.0 Å². The zero-order valence-corrected chi connectivity index (χ0v) is 21.5. The minimum Gasteiger partial charge on any atom is -0.495 e. The Kier molecular flexibility index (Phi) is 7.44. The van der Waals surface area contributed by atoms with Gasteiger partial charge in [-0.05, 0) is 30.2 Å². The van der Waals surface area contributed by atoms with Gasteiger partial charge in [-0.1, -0.05) is 17.3 Å². The van der Waals surface area contributed by atoms with E-state index in [1.165, 1.54) is 48.0 Å². The number of morpholine rings is 1. The summed E-state index contributed by atoms with van der Waals surface area (Å²) in [6, 6.07) is 9.00. The smallest absolute Gasteiger partial charge is 0.495 e. The molecule has 14 heteroatoms. The predicted octanol–water partition coefficient (Wildman–Crippen LogP) is 4.20. The normalized spacial score (nSPS) is 20.5. The number of ether oxygens (including phenoxy) is 3. The van der Waals surface area contributed by atoms with E-state index in [0.717, 1.165) is 12.1 Å². The minimum atomic E-state index is -4.88. The van der Waals surface area contributed by atoms with Crippen molar-refractivity contribution in [1.29, 1.82) is 0 Å². The summed E-state index contributed by atoms with van der Waals surface area (Å²) in [6.07, 6.45) is -3.62. The fourth-order valence-electron chi connectivity index (χ4n) is 5.02.